The third-order valence-corrected chi connectivity index (χ3v) is 2.37. The molecule has 100 valence electrons. The van der Waals surface area contributed by atoms with Gasteiger partial charge in [-0.05, 0) is 18.4 Å². The molecule has 0 unspecified atom stereocenters. The van der Waals surface area contributed by atoms with Gasteiger partial charge in [-0.2, -0.15) is 0 Å². The number of methoxy groups -OCH3 is 1. The molecule has 0 atom stereocenters. The van der Waals surface area contributed by atoms with Gasteiger partial charge in [0.25, 0.3) is 0 Å². The number of hydrogen-bond acceptors (Lipinski definition) is 4. The van der Waals surface area contributed by atoms with Gasteiger partial charge in [0.2, 0.25) is 0 Å². The van der Waals surface area contributed by atoms with Crippen LogP contribution in [0.2, 0.25) is 0 Å². The van der Waals surface area contributed by atoms with Crippen LogP contribution in [0.25, 0.3) is 0 Å². The van der Waals surface area contributed by atoms with Crippen molar-refractivity contribution in [2.24, 2.45) is 0 Å². The maximum atomic E-state index is 11.2. The largest absolute Gasteiger partial charge is 0.464 e. The lowest BCUT2D eigenvalue weighted by molar-refractivity contribution is -0.149. The third kappa shape index (κ3) is 7.04. The molecule has 18 heavy (non-hydrogen) atoms. The van der Waals surface area contributed by atoms with Crippen LogP contribution in [0.1, 0.15) is 12.0 Å². The van der Waals surface area contributed by atoms with Crippen molar-refractivity contribution in [3.63, 3.8) is 0 Å². The molecule has 0 bridgehead atoms. The van der Waals surface area contributed by atoms with E-state index in [-0.39, 0.29) is 12.6 Å². The zero-order valence-electron chi connectivity index (χ0n) is 10.8. The molecule has 1 aromatic rings. The van der Waals surface area contributed by atoms with Crippen LogP contribution in [0.15, 0.2) is 30.3 Å². The number of hydrogen-bond donors (Lipinski definition) is 0. The van der Waals surface area contributed by atoms with Crippen LogP contribution in [0.5, 0.6) is 0 Å². The number of aryl methyl sites for hydroxylation is 1. The number of ether oxygens (including phenoxy) is 3. The summed E-state index contributed by atoms with van der Waals surface area (Å²) >= 11 is 0. The Bertz CT molecular complexity index is 324. The summed E-state index contributed by atoms with van der Waals surface area (Å²) in [5.41, 5.74) is 1.25. The second-order valence-corrected chi connectivity index (χ2v) is 3.86. The molecule has 0 aliphatic rings. The van der Waals surface area contributed by atoms with Crippen LogP contribution in [-0.2, 0) is 25.4 Å². The number of esters is 1. The summed E-state index contributed by atoms with van der Waals surface area (Å²) < 4.78 is 14.9. The molecule has 1 rings (SSSR count). The number of carbonyl (C=O) groups excluding carboxylic acids is 1. The van der Waals surface area contributed by atoms with Gasteiger partial charge in [0.15, 0.2) is 0 Å². The first kappa shape index (κ1) is 14.7. The first-order valence-electron chi connectivity index (χ1n) is 6.09. The molecule has 0 amide bonds. The predicted octanol–water partition coefficient (Wildman–Crippen LogP) is 1.83. The first-order chi connectivity index (χ1) is 8.83. The third-order valence-electron chi connectivity index (χ3n) is 2.37. The Morgan fingerprint density at radius 2 is 1.89 bits per heavy atom. The first-order valence-corrected chi connectivity index (χ1v) is 6.09. The molecule has 1 aromatic carbocycles. The van der Waals surface area contributed by atoms with Gasteiger partial charge in [-0.1, -0.05) is 30.3 Å². The Hall–Kier alpha value is -1.39. The molecule has 0 saturated heterocycles. The number of rotatable bonds is 9. The fourth-order valence-electron chi connectivity index (χ4n) is 1.45. The summed E-state index contributed by atoms with van der Waals surface area (Å²) in [7, 11) is 1.59. The van der Waals surface area contributed by atoms with Crippen LogP contribution >= 0.6 is 0 Å². The fourth-order valence-corrected chi connectivity index (χ4v) is 1.45. The van der Waals surface area contributed by atoms with E-state index in [0.717, 1.165) is 12.8 Å². The van der Waals surface area contributed by atoms with Gasteiger partial charge >= 0.3 is 5.97 Å². The van der Waals surface area contributed by atoms with Crippen LogP contribution in [-0.4, -0.2) is 39.5 Å². The highest BCUT2D eigenvalue weighted by molar-refractivity contribution is 5.70. The summed E-state index contributed by atoms with van der Waals surface area (Å²) in [6, 6.07) is 10.1. The van der Waals surface area contributed by atoms with E-state index in [0.29, 0.717) is 19.8 Å². The molecule has 0 aromatic heterocycles. The minimum atomic E-state index is -0.320. The van der Waals surface area contributed by atoms with Crippen molar-refractivity contribution in [2.75, 3.05) is 33.5 Å². The van der Waals surface area contributed by atoms with Crippen LogP contribution in [0, 0.1) is 0 Å². The second-order valence-electron chi connectivity index (χ2n) is 3.86. The van der Waals surface area contributed by atoms with E-state index in [2.05, 4.69) is 12.1 Å². The monoisotopic (exact) mass is 252 g/mol. The maximum Gasteiger partial charge on any atom is 0.332 e. The quantitative estimate of drug-likeness (QED) is 0.497. The van der Waals surface area contributed by atoms with Gasteiger partial charge in [0.05, 0.1) is 19.8 Å². The Morgan fingerprint density at radius 3 is 2.61 bits per heavy atom. The lowest BCUT2D eigenvalue weighted by atomic mass is 10.1. The van der Waals surface area contributed by atoms with Crippen molar-refractivity contribution in [2.45, 2.75) is 12.8 Å². The standard InChI is InChI=1S/C14H20O4/c1-16-10-11-17-12-14(15)18-9-5-8-13-6-3-2-4-7-13/h2-4,6-7H,5,8-12H2,1H3. The fraction of sp³-hybridized carbons (Fsp3) is 0.500. The van der Waals surface area contributed by atoms with Gasteiger partial charge in [-0.25, -0.2) is 4.79 Å². The zero-order chi connectivity index (χ0) is 13.1. The smallest absolute Gasteiger partial charge is 0.332 e. The molecule has 0 aliphatic carbocycles. The highest BCUT2D eigenvalue weighted by Crippen LogP contribution is 2.02. The van der Waals surface area contributed by atoms with Crippen molar-refractivity contribution in [3.8, 4) is 0 Å². The molecule has 0 N–H and O–H groups in total. The Morgan fingerprint density at radius 1 is 1.11 bits per heavy atom. The second kappa shape index (κ2) is 9.62. The van der Waals surface area contributed by atoms with Gasteiger partial charge in [0.1, 0.15) is 6.61 Å². The number of benzene rings is 1. The highest BCUT2D eigenvalue weighted by Gasteiger charge is 2.02. The van der Waals surface area contributed by atoms with Crippen LogP contribution in [0.3, 0.4) is 0 Å². The summed E-state index contributed by atoms with van der Waals surface area (Å²) in [5, 5.41) is 0. The molecule has 0 spiro atoms. The lowest BCUT2D eigenvalue weighted by Gasteiger charge is -2.05. The van der Waals surface area contributed by atoms with Crippen molar-refractivity contribution in [1.82, 2.24) is 0 Å². The van der Waals surface area contributed by atoms with E-state index in [9.17, 15) is 4.79 Å². The van der Waals surface area contributed by atoms with Crippen LogP contribution < -0.4 is 0 Å². The Labute approximate surface area is 108 Å². The molecular weight excluding hydrogens is 232 g/mol. The zero-order valence-corrected chi connectivity index (χ0v) is 10.8. The number of carbonyl (C=O) groups is 1. The topological polar surface area (TPSA) is 44.8 Å². The van der Waals surface area contributed by atoms with Gasteiger partial charge in [0, 0.05) is 7.11 Å². The van der Waals surface area contributed by atoms with Crippen molar-refractivity contribution in [3.05, 3.63) is 35.9 Å². The van der Waals surface area contributed by atoms with E-state index < -0.39 is 0 Å². The van der Waals surface area contributed by atoms with E-state index in [4.69, 9.17) is 14.2 Å². The molecule has 0 saturated carbocycles. The van der Waals surface area contributed by atoms with Gasteiger partial charge < -0.3 is 14.2 Å². The maximum absolute atomic E-state index is 11.2. The van der Waals surface area contributed by atoms with Crippen LogP contribution in [0.4, 0.5) is 0 Å². The van der Waals surface area contributed by atoms with Crippen molar-refractivity contribution < 1.29 is 19.0 Å². The summed E-state index contributed by atoms with van der Waals surface area (Å²) in [5.74, 6) is -0.320. The van der Waals surface area contributed by atoms with E-state index in [1.165, 1.54) is 5.56 Å². The molecule has 4 nitrogen and oxygen atoms in total. The molecule has 0 radical (unpaired) electrons. The van der Waals surface area contributed by atoms with E-state index in [1.807, 2.05) is 18.2 Å². The normalized spacial score (nSPS) is 10.3. The van der Waals surface area contributed by atoms with Gasteiger partial charge in [-0.3, -0.25) is 0 Å². The highest BCUT2D eigenvalue weighted by atomic mass is 16.6. The Kier molecular flexibility index (Phi) is 7.84. The minimum absolute atomic E-state index is 0.00526. The van der Waals surface area contributed by atoms with E-state index >= 15 is 0 Å². The predicted molar refractivity (Wildman–Crippen MR) is 68.4 cm³/mol. The SMILES string of the molecule is COCCOCC(=O)OCCCc1ccccc1. The van der Waals surface area contributed by atoms with Crippen molar-refractivity contribution >= 4 is 5.97 Å². The molecular formula is C14H20O4. The van der Waals surface area contributed by atoms with Gasteiger partial charge in [-0.15, -0.1) is 0 Å². The molecule has 0 heterocycles. The average Bonchev–Trinajstić information content (AvgIpc) is 2.41. The van der Waals surface area contributed by atoms with E-state index in [1.54, 1.807) is 7.11 Å². The lowest BCUT2D eigenvalue weighted by Crippen LogP contribution is -2.15. The molecule has 4 heteroatoms. The summed E-state index contributed by atoms with van der Waals surface area (Å²) in [6.07, 6.45) is 1.74. The summed E-state index contributed by atoms with van der Waals surface area (Å²) in [4.78, 5) is 11.2. The Balaban J connectivity index is 1.99. The molecule has 0 fully saturated rings. The average molecular weight is 252 g/mol. The minimum Gasteiger partial charge on any atom is -0.464 e. The molecule has 0 aliphatic heterocycles. The van der Waals surface area contributed by atoms with Crippen molar-refractivity contribution in [1.29, 1.82) is 0 Å². The summed E-state index contributed by atoms with van der Waals surface area (Å²) in [6.45, 7) is 1.33.